The van der Waals surface area contributed by atoms with Gasteiger partial charge in [-0.3, -0.25) is 9.36 Å². The van der Waals surface area contributed by atoms with Crippen LogP contribution in [0.1, 0.15) is 5.56 Å². The Morgan fingerprint density at radius 2 is 2.24 bits per heavy atom. The normalized spacial score (nSPS) is 10.5. The maximum atomic E-state index is 13.5. The summed E-state index contributed by atoms with van der Waals surface area (Å²) < 4.78 is 15.1. The average Bonchev–Trinajstić information content (AvgIpc) is 2.29. The van der Waals surface area contributed by atoms with E-state index >= 15 is 0 Å². The summed E-state index contributed by atoms with van der Waals surface area (Å²) in [4.78, 5) is 15.6. The monoisotopic (exact) mass is 316 g/mol. The van der Waals surface area contributed by atoms with Crippen LogP contribution in [0.15, 0.2) is 40.0 Å². The Morgan fingerprint density at radius 3 is 2.94 bits per heavy atom. The Balaban J connectivity index is 2.45. The van der Waals surface area contributed by atoms with Gasteiger partial charge in [-0.25, -0.2) is 9.37 Å². The molecule has 0 atom stereocenters. The maximum absolute atomic E-state index is 13.5. The molecule has 0 spiro atoms. The molecule has 0 N–H and O–H groups in total. The van der Waals surface area contributed by atoms with Gasteiger partial charge in [-0.2, -0.15) is 0 Å². The average molecular weight is 318 g/mol. The third kappa shape index (κ3) is 2.56. The van der Waals surface area contributed by atoms with E-state index in [4.69, 9.17) is 11.6 Å². The maximum Gasteiger partial charge on any atom is 0.267 e. The predicted octanol–water partition coefficient (Wildman–Crippen LogP) is 2.85. The summed E-state index contributed by atoms with van der Waals surface area (Å²) in [7, 11) is 0. The van der Waals surface area contributed by atoms with Crippen LogP contribution in [0.3, 0.4) is 0 Å². The lowest BCUT2D eigenvalue weighted by Gasteiger charge is -2.08. The second-order valence-corrected chi connectivity index (χ2v) is 4.64. The first-order valence-corrected chi connectivity index (χ1v) is 5.89. The fourth-order valence-corrected chi connectivity index (χ4v) is 1.96. The Hall–Kier alpha value is -1.20. The molecule has 0 aliphatic carbocycles. The molecule has 0 radical (unpaired) electrons. The summed E-state index contributed by atoms with van der Waals surface area (Å²) in [5, 5.41) is 0.289. The lowest BCUT2D eigenvalue weighted by Crippen LogP contribution is -2.21. The summed E-state index contributed by atoms with van der Waals surface area (Å²) in [6, 6.07) is 4.40. The third-order valence-corrected chi connectivity index (χ3v) is 3.15. The minimum absolute atomic E-state index is 0.0524. The van der Waals surface area contributed by atoms with E-state index in [0.29, 0.717) is 4.47 Å². The molecule has 6 heteroatoms. The minimum atomic E-state index is -0.440. The molecule has 0 saturated heterocycles. The Bertz CT molecular complexity index is 594. The van der Waals surface area contributed by atoms with Crippen molar-refractivity contribution in [2.75, 3.05) is 0 Å². The number of benzene rings is 1. The Morgan fingerprint density at radius 1 is 1.47 bits per heavy atom. The third-order valence-electron chi connectivity index (χ3n) is 2.25. The molecule has 88 valence electrons. The van der Waals surface area contributed by atoms with Gasteiger partial charge in [0.05, 0.1) is 12.9 Å². The molecule has 1 aromatic carbocycles. The van der Waals surface area contributed by atoms with Crippen LogP contribution in [-0.2, 0) is 6.54 Å². The van der Waals surface area contributed by atoms with Crippen molar-refractivity contribution in [3.05, 3.63) is 62.0 Å². The van der Waals surface area contributed by atoms with Crippen molar-refractivity contribution in [3.63, 3.8) is 0 Å². The van der Waals surface area contributed by atoms with E-state index < -0.39 is 5.82 Å². The van der Waals surface area contributed by atoms with E-state index in [2.05, 4.69) is 20.9 Å². The predicted molar refractivity (Wildman–Crippen MR) is 66.7 cm³/mol. The topological polar surface area (TPSA) is 34.9 Å². The summed E-state index contributed by atoms with van der Waals surface area (Å²) >= 11 is 8.96. The molecule has 0 aliphatic heterocycles. The van der Waals surface area contributed by atoms with E-state index in [9.17, 15) is 9.18 Å². The Kier molecular flexibility index (Phi) is 3.59. The molecule has 2 aromatic rings. The minimum Gasteiger partial charge on any atom is -0.294 e. The summed E-state index contributed by atoms with van der Waals surface area (Å²) in [6.07, 6.45) is 2.73. The zero-order valence-corrected chi connectivity index (χ0v) is 10.9. The molecule has 0 unspecified atom stereocenters. The van der Waals surface area contributed by atoms with Crippen LogP contribution >= 0.6 is 27.5 Å². The van der Waals surface area contributed by atoms with Gasteiger partial charge in [-0.05, 0) is 28.1 Å². The number of hydrogen-bond acceptors (Lipinski definition) is 2. The Labute approximate surface area is 110 Å². The second kappa shape index (κ2) is 4.98. The van der Waals surface area contributed by atoms with Crippen LogP contribution in [0, 0.1) is 5.82 Å². The standard InChI is InChI=1S/C11H7BrClFN2O/c12-8-4-15-6-16(11(8)17)5-7-9(13)2-1-3-10(7)14/h1-4,6H,5H2. The largest absolute Gasteiger partial charge is 0.294 e. The molecular weight excluding hydrogens is 310 g/mol. The quantitative estimate of drug-likeness (QED) is 0.853. The lowest BCUT2D eigenvalue weighted by molar-refractivity contribution is 0.594. The molecule has 0 bridgehead atoms. The van der Waals surface area contributed by atoms with E-state index in [0.717, 1.165) is 0 Å². The smallest absolute Gasteiger partial charge is 0.267 e. The van der Waals surface area contributed by atoms with Crippen LogP contribution in [0.4, 0.5) is 4.39 Å². The summed E-state index contributed by atoms with van der Waals surface area (Å²) in [5.74, 6) is -0.440. The highest BCUT2D eigenvalue weighted by Crippen LogP contribution is 2.19. The first-order valence-electron chi connectivity index (χ1n) is 4.72. The molecule has 17 heavy (non-hydrogen) atoms. The number of halogens is 3. The molecular formula is C11H7BrClFN2O. The van der Waals surface area contributed by atoms with Gasteiger partial charge < -0.3 is 0 Å². The summed E-state index contributed by atoms with van der Waals surface area (Å²) in [5.41, 5.74) is -0.00418. The number of rotatable bonds is 2. The van der Waals surface area contributed by atoms with Gasteiger partial charge in [0.1, 0.15) is 10.3 Å². The van der Waals surface area contributed by atoms with Gasteiger partial charge in [0, 0.05) is 16.8 Å². The van der Waals surface area contributed by atoms with Gasteiger partial charge in [0.25, 0.3) is 5.56 Å². The number of aromatic nitrogens is 2. The van der Waals surface area contributed by atoms with Crippen LogP contribution < -0.4 is 5.56 Å². The van der Waals surface area contributed by atoms with Gasteiger partial charge in [-0.15, -0.1) is 0 Å². The molecule has 0 aliphatic rings. The molecule has 1 heterocycles. The van der Waals surface area contributed by atoms with Crippen molar-refractivity contribution in [3.8, 4) is 0 Å². The number of nitrogens with zero attached hydrogens (tertiary/aromatic N) is 2. The first kappa shape index (κ1) is 12.3. The van der Waals surface area contributed by atoms with E-state index in [-0.39, 0.29) is 22.7 Å². The molecule has 0 saturated carbocycles. The zero-order valence-electron chi connectivity index (χ0n) is 8.53. The molecule has 0 fully saturated rings. The highest BCUT2D eigenvalue weighted by molar-refractivity contribution is 9.10. The van der Waals surface area contributed by atoms with Crippen molar-refractivity contribution >= 4 is 27.5 Å². The lowest BCUT2D eigenvalue weighted by atomic mass is 10.2. The van der Waals surface area contributed by atoms with E-state index in [1.54, 1.807) is 6.07 Å². The van der Waals surface area contributed by atoms with Crippen molar-refractivity contribution in [1.82, 2.24) is 9.55 Å². The highest BCUT2D eigenvalue weighted by Gasteiger charge is 2.09. The van der Waals surface area contributed by atoms with Crippen molar-refractivity contribution in [2.24, 2.45) is 0 Å². The second-order valence-electron chi connectivity index (χ2n) is 3.37. The van der Waals surface area contributed by atoms with Crippen LogP contribution in [-0.4, -0.2) is 9.55 Å². The van der Waals surface area contributed by atoms with E-state index in [1.165, 1.54) is 29.2 Å². The van der Waals surface area contributed by atoms with Crippen molar-refractivity contribution < 1.29 is 4.39 Å². The molecule has 3 nitrogen and oxygen atoms in total. The molecule has 1 aromatic heterocycles. The van der Waals surface area contributed by atoms with Gasteiger partial charge in [0.2, 0.25) is 0 Å². The van der Waals surface area contributed by atoms with Crippen LogP contribution in [0.2, 0.25) is 5.02 Å². The van der Waals surface area contributed by atoms with E-state index in [1.807, 2.05) is 0 Å². The molecule has 0 amide bonds. The fourth-order valence-electron chi connectivity index (χ4n) is 1.39. The zero-order chi connectivity index (χ0) is 12.4. The first-order chi connectivity index (χ1) is 8.09. The number of hydrogen-bond donors (Lipinski definition) is 0. The van der Waals surface area contributed by atoms with Crippen LogP contribution in [0.25, 0.3) is 0 Å². The van der Waals surface area contributed by atoms with Crippen molar-refractivity contribution in [1.29, 1.82) is 0 Å². The highest BCUT2D eigenvalue weighted by atomic mass is 79.9. The van der Waals surface area contributed by atoms with Gasteiger partial charge in [0.15, 0.2) is 0 Å². The molecule has 2 rings (SSSR count). The SMILES string of the molecule is O=c1c(Br)cncn1Cc1c(F)cccc1Cl. The van der Waals surface area contributed by atoms with Crippen LogP contribution in [0.5, 0.6) is 0 Å². The van der Waals surface area contributed by atoms with Gasteiger partial charge in [-0.1, -0.05) is 17.7 Å². The van der Waals surface area contributed by atoms with Crippen molar-refractivity contribution in [2.45, 2.75) is 6.54 Å². The fraction of sp³-hybridized carbons (Fsp3) is 0.0909. The van der Waals surface area contributed by atoms with Gasteiger partial charge >= 0.3 is 0 Å². The summed E-state index contributed by atoms with van der Waals surface area (Å²) in [6.45, 7) is 0.0524.